The second-order valence-electron chi connectivity index (χ2n) is 6.62. The molecular weight excluding hydrogens is 324 g/mol. The predicted octanol–water partition coefficient (Wildman–Crippen LogP) is 3.79. The average molecular weight is 352 g/mol. The summed E-state index contributed by atoms with van der Waals surface area (Å²) < 4.78 is 0. The van der Waals surface area contributed by atoms with Crippen molar-refractivity contribution in [1.82, 2.24) is 10.3 Å². The SMILES string of the molecule is C=C(C=CC(C#Cc1ccc(C(=O)NC(C)C(C)(C)O)nc1)=CC)CC. The van der Waals surface area contributed by atoms with Gasteiger partial charge in [0.05, 0.1) is 11.6 Å². The molecule has 1 aromatic heterocycles. The number of rotatable bonds is 6. The number of hydrogen-bond acceptors (Lipinski definition) is 3. The van der Waals surface area contributed by atoms with Gasteiger partial charge in [0.15, 0.2) is 0 Å². The van der Waals surface area contributed by atoms with Crippen molar-refractivity contribution in [2.45, 2.75) is 52.7 Å². The zero-order chi connectivity index (χ0) is 19.7. The Morgan fingerprint density at radius 3 is 2.62 bits per heavy atom. The van der Waals surface area contributed by atoms with Gasteiger partial charge in [-0.15, -0.1) is 0 Å². The molecule has 0 fully saturated rings. The second kappa shape index (κ2) is 9.74. The number of carbonyl (C=O) groups excluding carboxylic acids is 1. The van der Waals surface area contributed by atoms with Crippen LogP contribution in [0.1, 0.15) is 57.1 Å². The number of aliphatic hydroxyl groups is 1. The number of allylic oxidation sites excluding steroid dienone is 5. The molecule has 1 aromatic rings. The third-order valence-electron chi connectivity index (χ3n) is 4.02. The van der Waals surface area contributed by atoms with Gasteiger partial charge in [0.25, 0.3) is 5.91 Å². The minimum absolute atomic E-state index is 0.289. The van der Waals surface area contributed by atoms with Crippen LogP contribution in [0, 0.1) is 11.8 Å². The minimum Gasteiger partial charge on any atom is -0.388 e. The molecule has 4 heteroatoms. The van der Waals surface area contributed by atoms with Crippen LogP contribution in [0.25, 0.3) is 0 Å². The molecule has 0 saturated carbocycles. The van der Waals surface area contributed by atoms with Crippen LogP contribution in [0.3, 0.4) is 0 Å². The summed E-state index contributed by atoms with van der Waals surface area (Å²) >= 11 is 0. The Hall–Kier alpha value is -2.64. The first-order valence-corrected chi connectivity index (χ1v) is 8.70. The van der Waals surface area contributed by atoms with Crippen molar-refractivity contribution in [2.75, 3.05) is 0 Å². The van der Waals surface area contributed by atoms with Gasteiger partial charge in [-0.05, 0) is 52.3 Å². The van der Waals surface area contributed by atoms with E-state index in [-0.39, 0.29) is 11.6 Å². The molecule has 0 aliphatic rings. The summed E-state index contributed by atoms with van der Waals surface area (Å²) in [6.07, 6.45) is 8.30. The first-order valence-electron chi connectivity index (χ1n) is 8.70. The fourth-order valence-corrected chi connectivity index (χ4v) is 1.73. The van der Waals surface area contributed by atoms with Gasteiger partial charge in [-0.25, -0.2) is 4.98 Å². The Kier molecular flexibility index (Phi) is 8.02. The summed E-state index contributed by atoms with van der Waals surface area (Å²) in [4.78, 5) is 16.3. The molecule has 0 aromatic carbocycles. The van der Waals surface area contributed by atoms with E-state index in [1.165, 1.54) is 0 Å². The van der Waals surface area contributed by atoms with Crippen LogP contribution in [-0.4, -0.2) is 27.6 Å². The Labute approximate surface area is 156 Å². The highest BCUT2D eigenvalue weighted by Crippen LogP contribution is 2.09. The molecule has 0 aliphatic heterocycles. The molecule has 138 valence electrons. The monoisotopic (exact) mass is 352 g/mol. The van der Waals surface area contributed by atoms with Gasteiger partial charge in [0, 0.05) is 17.3 Å². The van der Waals surface area contributed by atoms with E-state index in [4.69, 9.17) is 0 Å². The highest BCUT2D eigenvalue weighted by Gasteiger charge is 2.24. The number of hydrogen-bond donors (Lipinski definition) is 2. The molecule has 1 atom stereocenters. The van der Waals surface area contributed by atoms with Crippen LogP contribution in [0.15, 0.2) is 54.3 Å². The van der Waals surface area contributed by atoms with E-state index in [1.54, 1.807) is 39.1 Å². The zero-order valence-corrected chi connectivity index (χ0v) is 16.3. The fourth-order valence-electron chi connectivity index (χ4n) is 1.73. The smallest absolute Gasteiger partial charge is 0.270 e. The molecule has 4 nitrogen and oxygen atoms in total. The molecule has 0 bridgehead atoms. The Morgan fingerprint density at radius 2 is 2.12 bits per heavy atom. The maximum Gasteiger partial charge on any atom is 0.270 e. The van der Waals surface area contributed by atoms with Crippen LogP contribution < -0.4 is 5.32 Å². The molecule has 1 amide bonds. The first-order chi connectivity index (χ1) is 12.2. The lowest BCUT2D eigenvalue weighted by Gasteiger charge is -2.26. The maximum atomic E-state index is 12.2. The van der Waals surface area contributed by atoms with Gasteiger partial charge >= 0.3 is 0 Å². The summed E-state index contributed by atoms with van der Waals surface area (Å²) in [5.74, 6) is 5.79. The first kappa shape index (κ1) is 21.4. The van der Waals surface area contributed by atoms with Gasteiger partial charge in [-0.2, -0.15) is 0 Å². The average Bonchev–Trinajstić information content (AvgIpc) is 2.61. The van der Waals surface area contributed by atoms with Gasteiger partial charge in [0.2, 0.25) is 0 Å². The summed E-state index contributed by atoms with van der Waals surface area (Å²) in [6.45, 7) is 13.0. The zero-order valence-electron chi connectivity index (χ0n) is 16.3. The van der Waals surface area contributed by atoms with Gasteiger partial charge in [-0.1, -0.05) is 43.1 Å². The molecule has 0 radical (unpaired) electrons. The van der Waals surface area contributed by atoms with Gasteiger partial charge < -0.3 is 10.4 Å². The third-order valence-corrected chi connectivity index (χ3v) is 4.02. The standard InChI is InChI=1S/C22H28N2O2/c1-7-16(3)9-10-18(8-2)11-12-19-13-14-20(23-15-19)21(25)24-17(4)22(5,6)26/h8-10,13-15,17,26H,3,7H2,1-2,4-6H3,(H,24,25). The lowest BCUT2D eigenvalue weighted by molar-refractivity contribution is 0.0407. The number of amides is 1. The third kappa shape index (κ3) is 7.08. The number of nitrogens with zero attached hydrogens (tertiary/aromatic N) is 1. The summed E-state index contributed by atoms with van der Waals surface area (Å²) in [5, 5.41) is 12.6. The molecule has 0 spiro atoms. The van der Waals surface area contributed by atoms with E-state index in [2.05, 4.69) is 35.6 Å². The van der Waals surface area contributed by atoms with Crippen LogP contribution in [-0.2, 0) is 0 Å². The fraction of sp³-hybridized carbons (Fsp3) is 0.364. The normalized spacial score (nSPS) is 13.1. The van der Waals surface area contributed by atoms with Crippen LogP contribution in [0.2, 0.25) is 0 Å². The topological polar surface area (TPSA) is 62.2 Å². The lowest BCUT2D eigenvalue weighted by atomic mass is 10.0. The van der Waals surface area contributed by atoms with E-state index in [0.717, 1.165) is 23.1 Å². The van der Waals surface area contributed by atoms with Crippen molar-refractivity contribution in [1.29, 1.82) is 0 Å². The van der Waals surface area contributed by atoms with E-state index in [9.17, 15) is 9.90 Å². The number of pyridine rings is 1. The molecular formula is C22H28N2O2. The molecule has 1 rings (SSSR count). The van der Waals surface area contributed by atoms with Crippen molar-refractivity contribution >= 4 is 5.91 Å². The Balaban J connectivity index is 2.81. The van der Waals surface area contributed by atoms with Crippen molar-refractivity contribution in [3.05, 3.63) is 65.5 Å². The number of aromatic nitrogens is 1. The van der Waals surface area contributed by atoms with E-state index in [0.29, 0.717) is 0 Å². The van der Waals surface area contributed by atoms with Crippen molar-refractivity contribution in [2.24, 2.45) is 0 Å². The molecule has 0 aliphatic carbocycles. The van der Waals surface area contributed by atoms with E-state index in [1.807, 2.05) is 25.2 Å². The van der Waals surface area contributed by atoms with E-state index < -0.39 is 11.6 Å². The molecule has 1 heterocycles. The second-order valence-corrected chi connectivity index (χ2v) is 6.62. The quantitative estimate of drug-likeness (QED) is 0.605. The largest absolute Gasteiger partial charge is 0.388 e. The summed E-state index contributed by atoms with van der Waals surface area (Å²) in [6, 6.07) is 2.99. The van der Waals surface area contributed by atoms with Crippen molar-refractivity contribution in [3.8, 4) is 11.8 Å². The predicted molar refractivity (Wildman–Crippen MR) is 107 cm³/mol. The Bertz CT molecular complexity index is 754. The molecule has 1 unspecified atom stereocenters. The van der Waals surface area contributed by atoms with Crippen LogP contribution >= 0.6 is 0 Å². The van der Waals surface area contributed by atoms with Crippen LogP contribution in [0.4, 0.5) is 0 Å². The Morgan fingerprint density at radius 1 is 1.42 bits per heavy atom. The van der Waals surface area contributed by atoms with Gasteiger partial charge in [0.1, 0.15) is 5.69 Å². The molecule has 2 N–H and O–H groups in total. The molecule has 0 saturated heterocycles. The molecule has 26 heavy (non-hydrogen) atoms. The lowest BCUT2D eigenvalue weighted by Crippen LogP contribution is -2.47. The highest BCUT2D eigenvalue weighted by atomic mass is 16.3. The summed E-state index contributed by atoms with van der Waals surface area (Å²) in [7, 11) is 0. The highest BCUT2D eigenvalue weighted by molar-refractivity contribution is 5.92. The van der Waals surface area contributed by atoms with Crippen molar-refractivity contribution < 1.29 is 9.90 Å². The number of nitrogens with one attached hydrogen (secondary N) is 1. The van der Waals surface area contributed by atoms with Crippen molar-refractivity contribution in [3.63, 3.8) is 0 Å². The van der Waals surface area contributed by atoms with Gasteiger partial charge in [-0.3, -0.25) is 4.79 Å². The minimum atomic E-state index is -0.999. The number of carbonyl (C=O) groups is 1. The summed E-state index contributed by atoms with van der Waals surface area (Å²) in [5.41, 5.74) is 1.95. The van der Waals surface area contributed by atoms with Crippen LogP contribution in [0.5, 0.6) is 0 Å². The van der Waals surface area contributed by atoms with E-state index >= 15 is 0 Å². The maximum absolute atomic E-state index is 12.2.